The molecule has 9 heteroatoms. The Labute approximate surface area is 243 Å². The van der Waals surface area contributed by atoms with Crippen LogP contribution in [0.5, 0.6) is 0 Å². The van der Waals surface area contributed by atoms with Crippen LogP contribution in [-0.2, 0) is 14.2 Å². The highest BCUT2D eigenvalue weighted by atomic mass is 16.6. The van der Waals surface area contributed by atoms with Crippen molar-refractivity contribution >= 4 is 23.7 Å². The topological polar surface area (TPSA) is 88.6 Å². The molecular weight excluding hydrogens is 522 g/mol. The van der Waals surface area contributed by atoms with Crippen molar-refractivity contribution in [1.82, 2.24) is 9.80 Å². The van der Waals surface area contributed by atoms with Crippen LogP contribution in [0.15, 0.2) is 36.4 Å². The van der Waals surface area contributed by atoms with Crippen LogP contribution in [0.4, 0.5) is 10.5 Å². The molecule has 2 aromatic carbocycles. The second-order valence-corrected chi connectivity index (χ2v) is 11.5. The monoisotopic (exact) mass is 565 g/mol. The number of carbonyl (C=O) groups is 3. The van der Waals surface area contributed by atoms with Gasteiger partial charge in [0.1, 0.15) is 5.60 Å². The van der Waals surface area contributed by atoms with E-state index in [2.05, 4.69) is 17.9 Å². The number of nitrogens with zero attached hydrogens (tertiary/aromatic N) is 3. The average Bonchev–Trinajstić information content (AvgIpc) is 3.44. The van der Waals surface area contributed by atoms with Crippen LogP contribution >= 0.6 is 0 Å². The number of ether oxygens (including phenoxy) is 3. The van der Waals surface area contributed by atoms with Crippen LogP contribution in [0.2, 0.25) is 0 Å². The summed E-state index contributed by atoms with van der Waals surface area (Å²) in [7, 11) is 0. The van der Waals surface area contributed by atoms with Gasteiger partial charge in [0.05, 0.1) is 25.4 Å². The lowest BCUT2D eigenvalue weighted by atomic mass is 9.95. The fourth-order valence-corrected chi connectivity index (χ4v) is 5.45. The predicted octanol–water partition coefficient (Wildman–Crippen LogP) is 5.15. The molecule has 4 rings (SSSR count). The third-order valence-corrected chi connectivity index (χ3v) is 7.55. The van der Waals surface area contributed by atoms with Gasteiger partial charge in [-0.25, -0.2) is 9.59 Å². The van der Waals surface area contributed by atoms with Gasteiger partial charge >= 0.3 is 12.1 Å². The zero-order valence-corrected chi connectivity index (χ0v) is 25.2. The Morgan fingerprint density at radius 2 is 1.66 bits per heavy atom. The molecule has 0 N–H and O–H groups in total. The first kappa shape index (κ1) is 30.4. The normalized spacial score (nSPS) is 17.4. The fourth-order valence-electron chi connectivity index (χ4n) is 5.45. The second kappa shape index (κ2) is 12.9. The van der Waals surface area contributed by atoms with Crippen molar-refractivity contribution in [3.8, 4) is 11.1 Å². The van der Waals surface area contributed by atoms with Crippen LogP contribution < -0.4 is 4.90 Å². The third kappa shape index (κ3) is 7.19. The molecule has 0 spiro atoms. The maximum Gasteiger partial charge on any atom is 0.410 e. The maximum atomic E-state index is 13.1. The van der Waals surface area contributed by atoms with Gasteiger partial charge in [-0.05, 0) is 88.9 Å². The van der Waals surface area contributed by atoms with Crippen molar-refractivity contribution in [2.24, 2.45) is 0 Å². The molecule has 2 aliphatic rings. The van der Waals surface area contributed by atoms with E-state index < -0.39 is 5.60 Å². The lowest BCUT2D eigenvalue weighted by molar-refractivity contribution is 0.0291. The third-order valence-electron chi connectivity index (χ3n) is 7.55. The highest BCUT2D eigenvalue weighted by Crippen LogP contribution is 2.34. The Morgan fingerprint density at radius 3 is 2.27 bits per heavy atom. The van der Waals surface area contributed by atoms with Gasteiger partial charge in [0.2, 0.25) is 0 Å². The van der Waals surface area contributed by atoms with Gasteiger partial charge in [0.25, 0.3) is 5.91 Å². The van der Waals surface area contributed by atoms with Crippen molar-refractivity contribution in [3.05, 3.63) is 53.1 Å². The lowest BCUT2D eigenvalue weighted by Crippen LogP contribution is -2.41. The van der Waals surface area contributed by atoms with E-state index >= 15 is 0 Å². The molecular formula is C32H43N3O6. The summed E-state index contributed by atoms with van der Waals surface area (Å²) in [5.41, 5.74) is 4.10. The molecule has 2 amide bonds. The van der Waals surface area contributed by atoms with Crippen molar-refractivity contribution in [2.75, 3.05) is 57.4 Å². The Bertz CT molecular complexity index is 1250. The summed E-state index contributed by atoms with van der Waals surface area (Å²) in [5.74, 6) is -0.380. The number of anilines is 1. The smallest absolute Gasteiger partial charge is 0.410 e. The summed E-state index contributed by atoms with van der Waals surface area (Å²) in [4.78, 5) is 44.6. The van der Waals surface area contributed by atoms with Crippen LogP contribution in [0.25, 0.3) is 11.1 Å². The molecule has 2 heterocycles. The highest BCUT2D eigenvalue weighted by Gasteiger charge is 2.34. The van der Waals surface area contributed by atoms with Crippen molar-refractivity contribution < 1.29 is 28.6 Å². The Balaban J connectivity index is 1.64. The summed E-state index contributed by atoms with van der Waals surface area (Å²) >= 11 is 0. The van der Waals surface area contributed by atoms with Gasteiger partial charge < -0.3 is 28.9 Å². The molecule has 2 fully saturated rings. The van der Waals surface area contributed by atoms with Crippen LogP contribution in [0.3, 0.4) is 0 Å². The zero-order valence-electron chi connectivity index (χ0n) is 25.2. The number of rotatable bonds is 7. The fraction of sp³-hybridized carbons (Fsp3) is 0.531. The van der Waals surface area contributed by atoms with Crippen molar-refractivity contribution in [3.63, 3.8) is 0 Å². The minimum Gasteiger partial charge on any atom is -0.462 e. The average molecular weight is 566 g/mol. The van der Waals surface area contributed by atoms with Gasteiger partial charge in [-0.2, -0.15) is 0 Å². The van der Waals surface area contributed by atoms with Gasteiger partial charge in [-0.3, -0.25) is 4.79 Å². The lowest BCUT2D eigenvalue weighted by Gasteiger charge is -2.32. The molecule has 222 valence electrons. The minimum atomic E-state index is -0.554. The van der Waals surface area contributed by atoms with E-state index in [0.29, 0.717) is 57.1 Å². The Morgan fingerprint density at radius 1 is 0.976 bits per heavy atom. The maximum absolute atomic E-state index is 13.1. The van der Waals surface area contributed by atoms with Crippen LogP contribution in [0.1, 0.15) is 67.3 Å². The molecule has 0 saturated carbocycles. The molecule has 2 aliphatic heterocycles. The summed E-state index contributed by atoms with van der Waals surface area (Å²) in [6, 6.07) is 11.6. The van der Waals surface area contributed by atoms with Crippen molar-refractivity contribution in [1.29, 1.82) is 0 Å². The zero-order chi connectivity index (χ0) is 29.7. The van der Waals surface area contributed by atoms with E-state index in [1.165, 1.54) is 0 Å². The molecule has 0 aliphatic carbocycles. The van der Waals surface area contributed by atoms with Crippen LogP contribution in [-0.4, -0.2) is 92.0 Å². The standard InChI is InChI=1S/C32H43N3O6/c1-7-35(26-13-14-34(21-26)31(38)41-32(4,5)6)28-20-25(19-27(22(28)3)30(37)40-8-2)23-9-11-24(12-10-23)29(36)33-15-17-39-18-16-33/h9-12,19-20,26H,7-8,13-18,21H2,1-6H3. The SMILES string of the molecule is CCOC(=O)c1cc(-c2ccc(C(=O)N3CCOCC3)cc2)cc(N(CC)C2CCN(C(=O)OC(C)(C)C)C2)c1C. The molecule has 2 aromatic rings. The van der Waals surface area contributed by atoms with Gasteiger partial charge in [0.15, 0.2) is 0 Å². The molecule has 1 atom stereocenters. The van der Waals surface area contributed by atoms with Crippen molar-refractivity contribution in [2.45, 2.75) is 59.6 Å². The molecule has 0 aromatic heterocycles. The predicted molar refractivity (Wildman–Crippen MR) is 159 cm³/mol. The number of benzene rings is 2. The van der Waals surface area contributed by atoms with E-state index in [9.17, 15) is 14.4 Å². The number of morpholine rings is 1. The Kier molecular flexibility index (Phi) is 9.58. The summed E-state index contributed by atoms with van der Waals surface area (Å²) in [5, 5.41) is 0. The number of likely N-dealkylation sites (tertiary alicyclic amines) is 1. The Hall–Kier alpha value is -3.59. The quantitative estimate of drug-likeness (QED) is 0.429. The number of hydrogen-bond donors (Lipinski definition) is 0. The van der Waals surface area contributed by atoms with Crippen LogP contribution in [0, 0.1) is 6.92 Å². The molecule has 0 bridgehead atoms. The van der Waals surface area contributed by atoms with E-state index in [4.69, 9.17) is 14.2 Å². The highest BCUT2D eigenvalue weighted by molar-refractivity contribution is 5.96. The molecule has 9 nitrogen and oxygen atoms in total. The number of amides is 2. The largest absolute Gasteiger partial charge is 0.462 e. The van der Waals surface area contributed by atoms with Gasteiger partial charge in [-0.15, -0.1) is 0 Å². The number of esters is 1. The first-order valence-electron chi connectivity index (χ1n) is 14.6. The first-order chi connectivity index (χ1) is 19.5. The van der Waals surface area contributed by atoms with Gasteiger partial charge in [-0.1, -0.05) is 12.1 Å². The number of hydrogen-bond acceptors (Lipinski definition) is 7. The molecule has 41 heavy (non-hydrogen) atoms. The molecule has 0 radical (unpaired) electrons. The minimum absolute atomic E-state index is 0.00964. The van der Waals surface area contributed by atoms with E-state index in [-0.39, 0.29) is 30.6 Å². The molecule has 1 unspecified atom stereocenters. The van der Waals surface area contributed by atoms with E-state index in [1.54, 1.807) is 11.8 Å². The number of likely N-dealkylation sites (N-methyl/N-ethyl adjacent to an activating group) is 1. The van der Waals surface area contributed by atoms with E-state index in [0.717, 1.165) is 28.8 Å². The number of carbonyl (C=O) groups excluding carboxylic acids is 3. The van der Waals surface area contributed by atoms with Gasteiger partial charge in [0, 0.05) is 50.0 Å². The summed E-state index contributed by atoms with van der Waals surface area (Å²) in [6.07, 6.45) is 0.490. The molecule has 2 saturated heterocycles. The second-order valence-electron chi connectivity index (χ2n) is 11.5. The first-order valence-corrected chi connectivity index (χ1v) is 14.6. The summed E-state index contributed by atoms with van der Waals surface area (Å²) in [6.45, 7) is 15.8. The van der Waals surface area contributed by atoms with E-state index in [1.807, 2.05) is 62.9 Å². The summed E-state index contributed by atoms with van der Waals surface area (Å²) < 4.78 is 16.4.